The van der Waals surface area contributed by atoms with Crippen LogP contribution in [0.3, 0.4) is 0 Å². The minimum atomic E-state index is -0.992. The third-order valence-electron chi connectivity index (χ3n) is 4.72. The first kappa shape index (κ1) is 23.1. The Morgan fingerprint density at radius 1 is 1.03 bits per heavy atom. The molecule has 0 aliphatic carbocycles. The van der Waals surface area contributed by atoms with Gasteiger partial charge in [0.25, 0.3) is 5.91 Å². The Morgan fingerprint density at radius 2 is 1.73 bits per heavy atom. The van der Waals surface area contributed by atoms with Gasteiger partial charge in [0.1, 0.15) is 0 Å². The van der Waals surface area contributed by atoms with Crippen LogP contribution < -0.4 is 21.7 Å². The summed E-state index contributed by atoms with van der Waals surface area (Å²) in [5.41, 5.74) is 6.96. The van der Waals surface area contributed by atoms with E-state index in [0.717, 1.165) is 5.56 Å². The highest BCUT2D eigenvalue weighted by molar-refractivity contribution is 6.10. The van der Waals surface area contributed by atoms with E-state index in [2.05, 4.69) is 16.0 Å². The third kappa shape index (κ3) is 6.42. The van der Waals surface area contributed by atoms with E-state index < -0.39 is 11.4 Å². The van der Waals surface area contributed by atoms with Gasteiger partial charge in [0, 0.05) is 5.69 Å². The number of rotatable bonds is 9. The molecule has 1 unspecified atom stereocenters. The lowest BCUT2D eigenvalue weighted by atomic mass is 9.90. The molecule has 0 aliphatic rings. The van der Waals surface area contributed by atoms with E-state index >= 15 is 0 Å². The van der Waals surface area contributed by atoms with Gasteiger partial charge in [-0.15, -0.1) is 0 Å². The third-order valence-corrected chi connectivity index (χ3v) is 4.72. The Balaban J connectivity index is 2.07. The molecule has 0 fully saturated rings. The maximum Gasteiger partial charge on any atom is 0.257 e. The van der Waals surface area contributed by atoms with Crippen molar-refractivity contribution in [3.05, 3.63) is 59.7 Å². The van der Waals surface area contributed by atoms with Gasteiger partial charge in [0.05, 0.1) is 23.3 Å². The molecule has 0 bridgehead atoms. The summed E-state index contributed by atoms with van der Waals surface area (Å²) in [5.74, 6) is -0.987. The standard InChI is InChI=1S/C23H30N4O3/c1-15(2)13-23(4,22(24)30)25-14-20(28)27-19-11-6-5-10-18(19)21(29)26-17-9-7-8-16(3)12-17/h5-12,15,25H,13-14H2,1-4H3,(H2,24,30)(H,26,29)(H,27,28). The van der Waals surface area contributed by atoms with Crippen LogP contribution >= 0.6 is 0 Å². The van der Waals surface area contributed by atoms with Crippen molar-refractivity contribution < 1.29 is 14.4 Å². The second-order valence-electron chi connectivity index (χ2n) is 8.07. The van der Waals surface area contributed by atoms with Gasteiger partial charge in [-0.1, -0.05) is 38.1 Å². The lowest BCUT2D eigenvalue weighted by Crippen LogP contribution is -2.55. The molecule has 1 atom stereocenters. The number of hydrogen-bond acceptors (Lipinski definition) is 4. The molecule has 0 saturated carbocycles. The number of primary amides is 1. The normalized spacial score (nSPS) is 12.8. The molecule has 2 rings (SSSR count). The van der Waals surface area contributed by atoms with Crippen LogP contribution in [0.25, 0.3) is 0 Å². The molecule has 2 aromatic rings. The maximum absolute atomic E-state index is 12.7. The van der Waals surface area contributed by atoms with E-state index in [1.807, 2.05) is 39.0 Å². The summed E-state index contributed by atoms with van der Waals surface area (Å²) in [6.45, 7) is 7.47. The highest BCUT2D eigenvalue weighted by Gasteiger charge is 2.32. The van der Waals surface area contributed by atoms with Gasteiger partial charge in [-0.05, 0) is 56.0 Å². The smallest absolute Gasteiger partial charge is 0.257 e. The molecule has 0 saturated heterocycles. The number of aryl methyl sites for hydroxylation is 1. The van der Waals surface area contributed by atoms with E-state index in [1.54, 1.807) is 37.3 Å². The monoisotopic (exact) mass is 410 g/mol. The number of nitrogens with two attached hydrogens (primary N) is 1. The van der Waals surface area contributed by atoms with Gasteiger partial charge in [-0.3, -0.25) is 19.7 Å². The maximum atomic E-state index is 12.7. The molecule has 0 heterocycles. The molecular formula is C23H30N4O3. The zero-order valence-corrected chi connectivity index (χ0v) is 17.9. The van der Waals surface area contributed by atoms with Crippen LogP contribution in [0.15, 0.2) is 48.5 Å². The number of amides is 3. The second kappa shape index (κ2) is 10.0. The predicted octanol–water partition coefficient (Wildman–Crippen LogP) is 3.07. The van der Waals surface area contributed by atoms with Crippen molar-refractivity contribution in [3.63, 3.8) is 0 Å². The number of nitrogens with one attached hydrogen (secondary N) is 3. The van der Waals surface area contributed by atoms with Gasteiger partial charge >= 0.3 is 0 Å². The zero-order chi connectivity index (χ0) is 22.3. The van der Waals surface area contributed by atoms with E-state index in [4.69, 9.17) is 5.73 Å². The average molecular weight is 411 g/mol. The van der Waals surface area contributed by atoms with Gasteiger partial charge in [-0.2, -0.15) is 0 Å². The number of benzene rings is 2. The molecule has 0 aromatic heterocycles. The van der Waals surface area contributed by atoms with Gasteiger partial charge < -0.3 is 16.4 Å². The van der Waals surface area contributed by atoms with Crippen molar-refractivity contribution in [1.82, 2.24) is 5.32 Å². The minimum Gasteiger partial charge on any atom is -0.368 e. The van der Waals surface area contributed by atoms with Crippen LogP contribution in [-0.4, -0.2) is 29.8 Å². The molecule has 0 aliphatic heterocycles. The van der Waals surface area contributed by atoms with Crippen LogP contribution in [0.5, 0.6) is 0 Å². The number of hydrogen-bond donors (Lipinski definition) is 4. The van der Waals surface area contributed by atoms with Crippen molar-refractivity contribution in [1.29, 1.82) is 0 Å². The predicted molar refractivity (Wildman–Crippen MR) is 119 cm³/mol. The zero-order valence-electron chi connectivity index (χ0n) is 17.9. The SMILES string of the molecule is Cc1cccc(NC(=O)c2ccccc2NC(=O)CNC(C)(CC(C)C)C(N)=O)c1. The topological polar surface area (TPSA) is 113 Å². The van der Waals surface area contributed by atoms with Crippen LogP contribution in [0.4, 0.5) is 11.4 Å². The van der Waals surface area contributed by atoms with Gasteiger partial charge in [0.2, 0.25) is 11.8 Å². The van der Waals surface area contributed by atoms with E-state index in [0.29, 0.717) is 23.4 Å². The lowest BCUT2D eigenvalue weighted by Gasteiger charge is -2.29. The largest absolute Gasteiger partial charge is 0.368 e. The molecule has 160 valence electrons. The molecule has 7 nitrogen and oxygen atoms in total. The van der Waals surface area contributed by atoms with Crippen molar-refractivity contribution in [2.75, 3.05) is 17.2 Å². The van der Waals surface area contributed by atoms with E-state index in [9.17, 15) is 14.4 Å². The highest BCUT2D eigenvalue weighted by atomic mass is 16.2. The van der Waals surface area contributed by atoms with Crippen LogP contribution in [0.2, 0.25) is 0 Å². The molecule has 5 N–H and O–H groups in total. The first-order valence-electron chi connectivity index (χ1n) is 9.92. The number of para-hydroxylation sites is 1. The summed E-state index contributed by atoms with van der Waals surface area (Å²) < 4.78 is 0. The van der Waals surface area contributed by atoms with Crippen LogP contribution in [0, 0.1) is 12.8 Å². The molecule has 0 spiro atoms. The Hall–Kier alpha value is -3.19. The summed E-state index contributed by atoms with van der Waals surface area (Å²) in [5, 5.41) is 8.53. The molecule has 3 amide bonds. The average Bonchev–Trinajstić information content (AvgIpc) is 2.66. The van der Waals surface area contributed by atoms with E-state index in [1.165, 1.54) is 0 Å². The summed E-state index contributed by atoms with van der Waals surface area (Å²) in [4.78, 5) is 37.0. The lowest BCUT2D eigenvalue weighted by molar-refractivity contribution is -0.125. The molecule has 2 aromatic carbocycles. The van der Waals surface area contributed by atoms with Gasteiger partial charge in [-0.25, -0.2) is 0 Å². The first-order chi connectivity index (χ1) is 14.1. The fourth-order valence-corrected chi connectivity index (χ4v) is 3.26. The van der Waals surface area contributed by atoms with Crippen molar-refractivity contribution in [2.45, 2.75) is 39.7 Å². The van der Waals surface area contributed by atoms with Crippen LogP contribution in [-0.2, 0) is 9.59 Å². The Bertz CT molecular complexity index is 926. The number of carbonyl (C=O) groups excluding carboxylic acids is 3. The van der Waals surface area contributed by atoms with Crippen molar-refractivity contribution >= 4 is 29.1 Å². The second-order valence-corrected chi connectivity index (χ2v) is 8.07. The molecular weight excluding hydrogens is 380 g/mol. The van der Waals surface area contributed by atoms with Crippen molar-refractivity contribution in [2.24, 2.45) is 11.7 Å². The number of anilines is 2. The fourth-order valence-electron chi connectivity index (χ4n) is 3.26. The Morgan fingerprint density at radius 3 is 2.37 bits per heavy atom. The van der Waals surface area contributed by atoms with Crippen molar-refractivity contribution in [3.8, 4) is 0 Å². The van der Waals surface area contributed by atoms with Crippen LogP contribution in [0.1, 0.15) is 43.1 Å². The number of carbonyl (C=O) groups is 3. The van der Waals surface area contributed by atoms with E-state index in [-0.39, 0.29) is 24.3 Å². The summed E-state index contributed by atoms with van der Waals surface area (Å²) >= 11 is 0. The first-order valence-corrected chi connectivity index (χ1v) is 9.92. The molecule has 0 radical (unpaired) electrons. The quantitative estimate of drug-likeness (QED) is 0.509. The summed E-state index contributed by atoms with van der Waals surface area (Å²) in [6.07, 6.45) is 0.505. The fraction of sp³-hybridized carbons (Fsp3) is 0.348. The van der Waals surface area contributed by atoms with Gasteiger partial charge in [0.15, 0.2) is 0 Å². The molecule has 30 heavy (non-hydrogen) atoms. The highest BCUT2D eigenvalue weighted by Crippen LogP contribution is 2.19. The summed E-state index contributed by atoms with van der Waals surface area (Å²) in [7, 11) is 0. The minimum absolute atomic E-state index is 0.111. The Kier molecular flexibility index (Phi) is 7.72. The molecule has 7 heteroatoms. The Labute approximate surface area is 177 Å². The summed E-state index contributed by atoms with van der Waals surface area (Å²) in [6, 6.07) is 14.2.